The Kier molecular flexibility index (Phi) is 12.8. The lowest BCUT2D eigenvalue weighted by molar-refractivity contribution is -0.284. The minimum absolute atomic E-state index is 0.0708. The van der Waals surface area contributed by atoms with Crippen molar-refractivity contribution in [1.82, 2.24) is 4.90 Å². The van der Waals surface area contributed by atoms with E-state index < -0.39 is 40.5 Å². The Morgan fingerprint density at radius 1 is 0.894 bits per heavy atom. The van der Waals surface area contributed by atoms with Gasteiger partial charge >= 0.3 is 12.1 Å². The summed E-state index contributed by atoms with van der Waals surface area (Å²) in [5.41, 5.74) is 5.89. The third-order valence-electron chi connectivity index (χ3n) is 9.78. The summed E-state index contributed by atoms with van der Waals surface area (Å²) in [7, 11) is -3.72. The molecule has 0 bridgehead atoms. The smallest absolute Gasteiger partial charge is 0.453 e. The highest BCUT2D eigenvalue weighted by Gasteiger charge is 2.56. The summed E-state index contributed by atoms with van der Waals surface area (Å²) < 4.78 is 88.3. The Bertz CT molecular complexity index is 1470. The maximum Gasteiger partial charge on any atom is 0.453 e. The topological polar surface area (TPSA) is 77.8 Å². The van der Waals surface area contributed by atoms with Crippen LogP contribution in [0.5, 0.6) is 11.5 Å². The number of hydrogen-bond acceptors (Lipinski definition) is 5. The van der Waals surface area contributed by atoms with Crippen LogP contribution in [-0.2, 0) is 16.3 Å². The average Bonchev–Trinajstić information content (AvgIpc) is 3.39. The minimum Gasteiger partial charge on any atom is -0.508 e. The fraction of sp³-hybridized carbons (Fsp3) is 0.611. The maximum absolute atomic E-state index is 13.2. The lowest BCUT2D eigenvalue weighted by Gasteiger charge is -2.29. The number of sulfone groups is 1. The Morgan fingerprint density at radius 3 is 2.38 bits per heavy atom. The Morgan fingerprint density at radius 2 is 1.64 bits per heavy atom. The van der Waals surface area contributed by atoms with E-state index >= 15 is 0 Å². The van der Waals surface area contributed by atoms with Crippen LogP contribution >= 0.6 is 0 Å². The van der Waals surface area contributed by atoms with Crippen LogP contribution in [0, 0.1) is 5.92 Å². The Labute approximate surface area is 275 Å². The van der Waals surface area contributed by atoms with Crippen molar-refractivity contribution in [2.45, 2.75) is 109 Å². The summed E-state index contributed by atoms with van der Waals surface area (Å²) in [5, 5.41) is 20.3. The van der Waals surface area contributed by atoms with E-state index in [-0.39, 0.29) is 29.2 Å². The van der Waals surface area contributed by atoms with Gasteiger partial charge in [0.2, 0.25) is 0 Å². The number of halogens is 5. The summed E-state index contributed by atoms with van der Waals surface area (Å²) in [5.74, 6) is -5.17. The van der Waals surface area contributed by atoms with Gasteiger partial charge in [0, 0.05) is 12.5 Å². The molecule has 1 aliphatic heterocycles. The predicted molar refractivity (Wildman–Crippen MR) is 176 cm³/mol. The van der Waals surface area contributed by atoms with Crippen molar-refractivity contribution < 1.29 is 40.6 Å². The van der Waals surface area contributed by atoms with E-state index in [1.54, 1.807) is 12.1 Å². The summed E-state index contributed by atoms with van der Waals surface area (Å²) in [4.78, 5) is 2.41. The van der Waals surface area contributed by atoms with Gasteiger partial charge in [-0.2, -0.15) is 22.0 Å². The molecule has 0 saturated carbocycles. The van der Waals surface area contributed by atoms with Gasteiger partial charge in [-0.3, -0.25) is 0 Å². The van der Waals surface area contributed by atoms with Crippen LogP contribution in [0.25, 0.3) is 11.1 Å². The molecule has 11 heteroatoms. The molecule has 2 N–H and O–H groups in total. The number of aromatic hydroxyl groups is 2. The first-order valence-electron chi connectivity index (χ1n) is 16.9. The van der Waals surface area contributed by atoms with Gasteiger partial charge in [0.15, 0.2) is 0 Å². The number of aryl methyl sites for hydroxylation is 1. The molecule has 262 valence electrons. The summed E-state index contributed by atoms with van der Waals surface area (Å²) >= 11 is 0. The number of fused-ring (bicyclic) bond motifs is 1. The second-order valence-corrected chi connectivity index (χ2v) is 15.6. The van der Waals surface area contributed by atoms with Crippen LogP contribution in [0.1, 0.15) is 101 Å². The van der Waals surface area contributed by atoms with Gasteiger partial charge in [0.1, 0.15) is 21.3 Å². The van der Waals surface area contributed by atoms with Crippen LogP contribution in [0.15, 0.2) is 42.5 Å². The van der Waals surface area contributed by atoms with Crippen LogP contribution < -0.4 is 0 Å². The Hall–Kier alpha value is -2.66. The number of nitrogens with zero attached hydrogens (tertiary/aromatic N) is 1. The van der Waals surface area contributed by atoms with E-state index in [1.165, 1.54) is 16.7 Å². The van der Waals surface area contributed by atoms with E-state index in [1.807, 2.05) is 37.3 Å². The highest BCUT2D eigenvalue weighted by Crippen LogP contribution is 2.41. The summed E-state index contributed by atoms with van der Waals surface area (Å²) in [6.07, 6.45) is 2.19. The molecule has 1 saturated heterocycles. The number of unbranched alkanes of at least 4 members (excludes halogenated alkanes) is 3. The number of phenolic OH excluding ortho intramolecular Hbond substituents is 2. The number of phenols is 2. The number of alkyl halides is 5. The minimum atomic E-state index is -5.67. The van der Waals surface area contributed by atoms with Crippen LogP contribution in [0.3, 0.4) is 0 Å². The van der Waals surface area contributed by atoms with E-state index in [0.29, 0.717) is 6.42 Å². The fourth-order valence-electron chi connectivity index (χ4n) is 7.21. The van der Waals surface area contributed by atoms with Crippen molar-refractivity contribution in [2.75, 3.05) is 24.6 Å². The molecule has 0 amide bonds. The lowest BCUT2D eigenvalue weighted by Crippen LogP contribution is -2.37. The summed E-state index contributed by atoms with van der Waals surface area (Å²) in [6, 6.07) is 13.3. The highest BCUT2D eigenvalue weighted by atomic mass is 32.2. The quantitative estimate of drug-likeness (QED) is 0.136. The van der Waals surface area contributed by atoms with E-state index in [9.17, 15) is 40.6 Å². The summed E-state index contributed by atoms with van der Waals surface area (Å²) in [6.45, 7) is 3.85. The van der Waals surface area contributed by atoms with Gasteiger partial charge in [-0.1, -0.05) is 38.0 Å². The first kappa shape index (κ1) is 37.2. The third kappa shape index (κ3) is 10.4. The molecule has 5 nitrogen and oxygen atoms in total. The molecule has 2 aromatic rings. The van der Waals surface area contributed by atoms with Gasteiger partial charge in [-0.05, 0) is 135 Å². The Balaban J connectivity index is 1.25. The van der Waals surface area contributed by atoms with Crippen molar-refractivity contribution in [3.05, 3.63) is 59.2 Å². The molecule has 1 fully saturated rings. The molecule has 2 aliphatic rings. The second kappa shape index (κ2) is 16.2. The van der Waals surface area contributed by atoms with Crippen LogP contribution in [0.2, 0.25) is 0 Å². The van der Waals surface area contributed by atoms with Gasteiger partial charge < -0.3 is 15.1 Å². The zero-order chi connectivity index (χ0) is 34.2. The molecule has 2 atom stereocenters. The lowest BCUT2D eigenvalue weighted by atomic mass is 9.89. The number of likely N-dealkylation sites (tertiary alicyclic amines) is 1. The zero-order valence-electron chi connectivity index (χ0n) is 27.2. The molecule has 2 unspecified atom stereocenters. The van der Waals surface area contributed by atoms with E-state index in [0.717, 1.165) is 88.4 Å². The van der Waals surface area contributed by atoms with Crippen molar-refractivity contribution in [1.29, 1.82) is 0 Å². The molecular weight excluding hydrogens is 637 g/mol. The normalized spacial score (nSPS) is 18.7. The van der Waals surface area contributed by atoms with Crippen LogP contribution in [0.4, 0.5) is 22.0 Å². The maximum atomic E-state index is 13.2. The number of allylic oxidation sites excluding steroid dienone is 2. The number of hydrogen-bond donors (Lipinski definition) is 2. The highest BCUT2D eigenvalue weighted by molar-refractivity contribution is 7.91. The second-order valence-electron chi connectivity index (χ2n) is 13.3. The molecule has 0 radical (unpaired) electrons. The number of benzene rings is 2. The monoisotopic (exact) mass is 685 g/mol. The largest absolute Gasteiger partial charge is 0.508 e. The van der Waals surface area contributed by atoms with Gasteiger partial charge in [-0.15, -0.1) is 0 Å². The van der Waals surface area contributed by atoms with Crippen molar-refractivity contribution >= 4 is 21.0 Å². The molecule has 4 rings (SSSR count). The van der Waals surface area contributed by atoms with Crippen LogP contribution in [-0.4, -0.2) is 66.3 Å². The van der Waals surface area contributed by atoms with Gasteiger partial charge in [-0.25, -0.2) is 8.42 Å². The molecule has 1 heterocycles. The van der Waals surface area contributed by atoms with Gasteiger partial charge in [0.25, 0.3) is 0 Å². The van der Waals surface area contributed by atoms with Crippen molar-refractivity contribution in [3.8, 4) is 11.5 Å². The molecule has 0 aromatic heterocycles. The standard InChI is InChI=1S/C36H48F5NO4S/c1-26(18-23-47(45,46)22-9-19-35(37,38)36(39,40)41)34-15-8-21-42(34)20-5-3-2-4-13-33-31(27-10-6-12-29(43)24-27)14-7-11-28-25-30(44)16-17-32(28)33/h6,10,12,16-17,24-26,34,43-44H,2-5,7-9,11,13-15,18-23H2,1H3. The van der Waals surface area contributed by atoms with Gasteiger partial charge in [0.05, 0.1) is 11.5 Å². The molecule has 1 aliphatic carbocycles. The fourth-order valence-corrected chi connectivity index (χ4v) is 8.73. The SMILES string of the molecule is CC(CCS(=O)(=O)CCCC(F)(F)C(F)(F)F)C1CCCN1CCCCCCC1=C(c2cccc(O)c2)CCCc2cc(O)ccc21. The molecule has 2 aromatic carbocycles. The first-order chi connectivity index (χ1) is 22.2. The molecular formula is C36H48F5NO4S. The number of rotatable bonds is 16. The predicted octanol–water partition coefficient (Wildman–Crippen LogP) is 9.18. The third-order valence-corrected chi connectivity index (χ3v) is 11.6. The van der Waals surface area contributed by atoms with Crippen molar-refractivity contribution in [3.63, 3.8) is 0 Å². The average molecular weight is 686 g/mol. The molecule has 0 spiro atoms. The zero-order valence-corrected chi connectivity index (χ0v) is 28.0. The molecule has 47 heavy (non-hydrogen) atoms. The van der Waals surface area contributed by atoms with E-state index in [2.05, 4.69) is 4.90 Å². The first-order valence-corrected chi connectivity index (χ1v) is 18.7. The van der Waals surface area contributed by atoms with E-state index in [4.69, 9.17) is 0 Å². The van der Waals surface area contributed by atoms with Crippen molar-refractivity contribution in [2.24, 2.45) is 5.92 Å².